The monoisotopic (exact) mass is 391 g/mol. The highest BCUT2D eigenvalue weighted by Gasteiger charge is 2.18. The van der Waals surface area contributed by atoms with E-state index in [1.54, 1.807) is 7.11 Å². The summed E-state index contributed by atoms with van der Waals surface area (Å²) in [6.07, 6.45) is 1.96. The average molecular weight is 392 g/mol. The molecule has 0 bridgehead atoms. The minimum atomic E-state index is 0.812. The lowest BCUT2D eigenvalue weighted by Crippen LogP contribution is -2.48. The number of aliphatic imine (C=N–C) groups is 1. The SMILES string of the molecule is C=CCN1CCN(/C(C#CSc2ccccc2)=N/c2ccc(OC)cc2)CC1. The Morgan fingerprint density at radius 2 is 1.82 bits per heavy atom. The summed E-state index contributed by atoms with van der Waals surface area (Å²) in [5, 5.41) is 3.22. The molecule has 0 aliphatic carbocycles. The summed E-state index contributed by atoms with van der Waals surface area (Å²) in [7, 11) is 1.67. The Hall–Kier alpha value is -2.68. The van der Waals surface area contributed by atoms with E-state index in [9.17, 15) is 0 Å². The van der Waals surface area contributed by atoms with Crippen molar-refractivity contribution < 1.29 is 4.74 Å². The molecule has 144 valence electrons. The number of nitrogens with zero attached hydrogens (tertiary/aromatic N) is 3. The summed E-state index contributed by atoms with van der Waals surface area (Å²) in [4.78, 5) is 10.6. The second kappa shape index (κ2) is 10.6. The van der Waals surface area contributed by atoms with Gasteiger partial charge >= 0.3 is 0 Å². The maximum absolute atomic E-state index is 5.24. The van der Waals surface area contributed by atoms with E-state index in [0.29, 0.717) is 0 Å². The van der Waals surface area contributed by atoms with Gasteiger partial charge in [0.2, 0.25) is 0 Å². The molecule has 1 heterocycles. The van der Waals surface area contributed by atoms with Crippen LogP contribution in [0.15, 0.2) is 77.1 Å². The minimum Gasteiger partial charge on any atom is -0.497 e. The highest BCUT2D eigenvalue weighted by atomic mass is 32.2. The molecule has 1 aliphatic heterocycles. The number of benzene rings is 2. The Morgan fingerprint density at radius 3 is 2.46 bits per heavy atom. The molecule has 0 spiro atoms. The number of amidine groups is 1. The first kappa shape index (κ1) is 20.1. The van der Waals surface area contributed by atoms with E-state index in [1.165, 1.54) is 11.8 Å². The van der Waals surface area contributed by atoms with Crippen molar-refractivity contribution in [2.75, 3.05) is 39.8 Å². The van der Waals surface area contributed by atoms with Crippen molar-refractivity contribution in [3.05, 3.63) is 67.3 Å². The van der Waals surface area contributed by atoms with Crippen LogP contribution in [0.5, 0.6) is 5.75 Å². The van der Waals surface area contributed by atoms with Gasteiger partial charge in [0.1, 0.15) is 5.75 Å². The van der Waals surface area contributed by atoms with Crippen LogP contribution in [-0.2, 0) is 0 Å². The van der Waals surface area contributed by atoms with Crippen molar-refractivity contribution in [3.63, 3.8) is 0 Å². The van der Waals surface area contributed by atoms with Gasteiger partial charge in [0.05, 0.1) is 12.8 Å². The topological polar surface area (TPSA) is 28.1 Å². The third kappa shape index (κ3) is 5.91. The zero-order valence-electron chi connectivity index (χ0n) is 16.2. The first-order valence-electron chi connectivity index (χ1n) is 9.32. The molecule has 0 saturated carbocycles. The Labute approximate surface area is 171 Å². The van der Waals surface area contributed by atoms with E-state index in [4.69, 9.17) is 9.73 Å². The molecule has 2 aromatic carbocycles. The van der Waals surface area contributed by atoms with Gasteiger partial charge in [-0.15, -0.1) is 6.58 Å². The Balaban J connectivity index is 1.77. The fourth-order valence-corrected chi connectivity index (χ4v) is 3.45. The zero-order chi connectivity index (χ0) is 19.6. The number of ether oxygens (including phenoxy) is 1. The van der Waals surface area contributed by atoms with Crippen LogP contribution >= 0.6 is 11.8 Å². The van der Waals surface area contributed by atoms with Gasteiger partial charge in [-0.2, -0.15) is 0 Å². The predicted octanol–water partition coefficient (Wildman–Crippen LogP) is 4.28. The van der Waals surface area contributed by atoms with Crippen LogP contribution in [0, 0.1) is 11.2 Å². The number of piperazine rings is 1. The van der Waals surface area contributed by atoms with E-state index < -0.39 is 0 Å². The first-order valence-corrected chi connectivity index (χ1v) is 10.1. The quantitative estimate of drug-likeness (QED) is 0.250. The molecule has 28 heavy (non-hydrogen) atoms. The molecular weight excluding hydrogens is 366 g/mol. The maximum Gasteiger partial charge on any atom is 0.182 e. The zero-order valence-corrected chi connectivity index (χ0v) is 17.0. The summed E-state index contributed by atoms with van der Waals surface area (Å²) < 4.78 is 5.24. The van der Waals surface area contributed by atoms with E-state index in [0.717, 1.165) is 54.9 Å². The molecule has 0 unspecified atom stereocenters. The van der Waals surface area contributed by atoms with Crippen LogP contribution in [0.3, 0.4) is 0 Å². The van der Waals surface area contributed by atoms with Crippen molar-refractivity contribution in [2.45, 2.75) is 4.90 Å². The van der Waals surface area contributed by atoms with Gasteiger partial charge in [0.25, 0.3) is 0 Å². The fraction of sp³-hybridized carbons (Fsp3) is 0.261. The molecule has 3 rings (SSSR count). The third-order valence-electron chi connectivity index (χ3n) is 4.44. The molecule has 0 aromatic heterocycles. The van der Waals surface area contributed by atoms with E-state index >= 15 is 0 Å². The Morgan fingerprint density at radius 1 is 1.11 bits per heavy atom. The smallest absolute Gasteiger partial charge is 0.182 e. The number of thioether (sulfide) groups is 1. The molecule has 0 radical (unpaired) electrons. The molecule has 2 aromatic rings. The van der Waals surface area contributed by atoms with Gasteiger partial charge in [-0.25, -0.2) is 4.99 Å². The largest absolute Gasteiger partial charge is 0.497 e. The second-order valence-corrected chi connectivity index (χ2v) is 7.23. The van der Waals surface area contributed by atoms with Crippen LogP contribution in [0.1, 0.15) is 0 Å². The van der Waals surface area contributed by atoms with Gasteiger partial charge in [0.15, 0.2) is 5.84 Å². The molecule has 5 heteroatoms. The summed E-state index contributed by atoms with van der Waals surface area (Å²) in [5.41, 5.74) is 0.878. The molecule has 0 N–H and O–H groups in total. The third-order valence-corrected chi connectivity index (χ3v) is 5.15. The number of hydrogen-bond acceptors (Lipinski definition) is 4. The molecule has 1 aliphatic rings. The predicted molar refractivity (Wildman–Crippen MR) is 118 cm³/mol. The van der Waals surface area contributed by atoms with E-state index in [-0.39, 0.29) is 0 Å². The molecule has 1 saturated heterocycles. The lowest BCUT2D eigenvalue weighted by molar-refractivity contribution is 0.199. The maximum atomic E-state index is 5.24. The molecule has 1 fully saturated rings. The van der Waals surface area contributed by atoms with Crippen molar-refractivity contribution in [2.24, 2.45) is 4.99 Å². The van der Waals surface area contributed by atoms with Gasteiger partial charge in [-0.1, -0.05) is 24.3 Å². The normalized spacial score (nSPS) is 14.9. The summed E-state index contributed by atoms with van der Waals surface area (Å²) in [6.45, 7) is 8.55. The Bertz CT molecular complexity index is 845. The van der Waals surface area contributed by atoms with Crippen molar-refractivity contribution in [1.82, 2.24) is 9.80 Å². The van der Waals surface area contributed by atoms with Gasteiger partial charge in [0, 0.05) is 37.6 Å². The second-order valence-electron chi connectivity index (χ2n) is 6.35. The number of methoxy groups -OCH3 is 1. The van der Waals surface area contributed by atoms with Crippen LogP contribution < -0.4 is 4.74 Å². The van der Waals surface area contributed by atoms with Crippen LogP contribution in [0.25, 0.3) is 0 Å². The van der Waals surface area contributed by atoms with E-state index in [2.05, 4.69) is 39.7 Å². The Kier molecular flexibility index (Phi) is 7.60. The highest BCUT2D eigenvalue weighted by Crippen LogP contribution is 2.19. The summed E-state index contributed by atoms with van der Waals surface area (Å²) in [6, 6.07) is 17.9. The van der Waals surface area contributed by atoms with Crippen LogP contribution in [-0.4, -0.2) is 55.5 Å². The lowest BCUT2D eigenvalue weighted by atomic mass is 10.3. The first-order chi connectivity index (χ1) is 13.8. The van der Waals surface area contributed by atoms with Crippen LogP contribution in [0.2, 0.25) is 0 Å². The van der Waals surface area contributed by atoms with Gasteiger partial charge in [-0.05, 0) is 59.3 Å². The number of hydrogen-bond donors (Lipinski definition) is 0. The van der Waals surface area contributed by atoms with Crippen molar-refractivity contribution >= 4 is 23.3 Å². The standard InChI is InChI=1S/C23H25N3OS/c1-3-14-25-15-17-26(18-16-25)23(13-19-28-22-7-5-4-6-8-22)24-20-9-11-21(27-2)12-10-20/h3-12H,1,14-18H2,2H3/b24-23+. The summed E-state index contributed by atoms with van der Waals surface area (Å²) in [5.74, 6) is 4.92. The van der Waals surface area contributed by atoms with Crippen molar-refractivity contribution in [1.29, 1.82) is 0 Å². The van der Waals surface area contributed by atoms with E-state index in [1.807, 2.05) is 48.5 Å². The highest BCUT2D eigenvalue weighted by molar-refractivity contribution is 8.04. The average Bonchev–Trinajstić information content (AvgIpc) is 2.75. The molecule has 0 atom stereocenters. The number of rotatable bonds is 5. The van der Waals surface area contributed by atoms with Crippen molar-refractivity contribution in [3.8, 4) is 16.9 Å². The summed E-state index contributed by atoms with van der Waals surface area (Å²) >= 11 is 1.53. The van der Waals surface area contributed by atoms with Crippen LogP contribution in [0.4, 0.5) is 5.69 Å². The minimum absolute atomic E-state index is 0.812. The molecular formula is C23H25N3OS. The van der Waals surface area contributed by atoms with Gasteiger partial charge in [-0.3, -0.25) is 4.90 Å². The fourth-order valence-electron chi connectivity index (χ4n) is 2.90. The molecule has 4 nitrogen and oxygen atoms in total. The molecule has 0 amide bonds. The van der Waals surface area contributed by atoms with Gasteiger partial charge < -0.3 is 9.64 Å². The lowest BCUT2D eigenvalue weighted by Gasteiger charge is -2.34.